The lowest BCUT2D eigenvalue weighted by molar-refractivity contribution is 0.643. The minimum atomic E-state index is -0.857. The van der Waals surface area contributed by atoms with Gasteiger partial charge < -0.3 is 15.2 Å². The Morgan fingerprint density at radius 2 is 2.00 bits per heavy atom. The lowest BCUT2D eigenvalue weighted by Gasteiger charge is -2.18. The number of guanidine groups is 1. The van der Waals surface area contributed by atoms with E-state index < -0.39 is 10.8 Å². The van der Waals surface area contributed by atoms with Crippen LogP contribution in [-0.4, -0.2) is 49.9 Å². The Labute approximate surface area is 165 Å². The molecule has 2 N–H and O–H groups in total. The summed E-state index contributed by atoms with van der Waals surface area (Å²) in [7, 11) is -0.857. The standard InChI is InChI=1S/C20H33N5OS/c1-6-21-19(23-13-15-27(26)20(3,4)5)22-12-9-14-25-16(2)24-17-10-7-8-11-18(17)25/h7-8,10-11H,6,9,12-15H2,1-5H3,(H2,21,22,23). The number of hydrogen-bond acceptors (Lipinski definition) is 3. The van der Waals surface area contributed by atoms with E-state index in [2.05, 4.69) is 31.2 Å². The first kappa shape index (κ1) is 21.4. The Morgan fingerprint density at radius 3 is 2.70 bits per heavy atom. The first-order valence-corrected chi connectivity index (χ1v) is 11.0. The van der Waals surface area contributed by atoms with Gasteiger partial charge >= 0.3 is 0 Å². The normalized spacial score (nSPS) is 13.7. The van der Waals surface area contributed by atoms with Gasteiger partial charge in [0.2, 0.25) is 0 Å². The number of benzene rings is 1. The molecule has 6 nitrogen and oxygen atoms in total. The third kappa shape index (κ3) is 6.34. The van der Waals surface area contributed by atoms with E-state index in [1.807, 2.05) is 52.8 Å². The Morgan fingerprint density at radius 1 is 1.26 bits per heavy atom. The van der Waals surface area contributed by atoms with Crippen LogP contribution in [0.4, 0.5) is 0 Å². The molecule has 0 bridgehead atoms. The Bertz CT molecular complexity index is 791. The van der Waals surface area contributed by atoms with Gasteiger partial charge in [-0.05, 0) is 53.2 Å². The van der Waals surface area contributed by atoms with Crippen LogP contribution >= 0.6 is 0 Å². The molecule has 0 spiro atoms. The Hall–Kier alpha value is -1.89. The molecule has 1 unspecified atom stereocenters. The molecule has 0 saturated heterocycles. The molecule has 1 aromatic heterocycles. The van der Waals surface area contributed by atoms with E-state index in [-0.39, 0.29) is 4.75 Å². The fourth-order valence-electron chi connectivity index (χ4n) is 2.81. The van der Waals surface area contributed by atoms with Crippen LogP contribution in [0.25, 0.3) is 11.0 Å². The molecule has 1 aromatic carbocycles. The summed E-state index contributed by atoms with van der Waals surface area (Å²) in [6, 6.07) is 8.22. The number of rotatable bonds is 8. The average molecular weight is 392 g/mol. The summed E-state index contributed by atoms with van der Waals surface area (Å²) in [4.78, 5) is 9.25. The zero-order valence-corrected chi connectivity index (χ0v) is 18.0. The van der Waals surface area contributed by atoms with E-state index in [1.54, 1.807) is 0 Å². The second-order valence-electron chi connectivity index (χ2n) is 7.50. The highest BCUT2D eigenvalue weighted by molar-refractivity contribution is 7.86. The second kappa shape index (κ2) is 9.88. The topological polar surface area (TPSA) is 71.3 Å². The van der Waals surface area contributed by atoms with Crippen molar-refractivity contribution in [1.29, 1.82) is 0 Å². The van der Waals surface area contributed by atoms with E-state index in [0.29, 0.717) is 12.3 Å². The molecule has 0 fully saturated rings. The monoisotopic (exact) mass is 391 g/mol. The smallest absolute Gasteiger partial charge is 0.191 e. The SMILES string of the molecule is CCNC(=NCCCn1c(C)nc2ccccc21)NCCS(=O)C(C)(C)C. The van der Waals surface area contributed by atoms with Crippen molar-refractivity contribution < 1.29 is 4.21 Å². The maximum absolute atomic E-state index is 12.1. The van der Waals surface area contributed by atoms with Crippen LogP contribution < -0.4 is 10.6 Å². The number of aliphatic imine (C=N–C) groups is 1. The van der Waals surface area contributed by atoms with Crippen LogP contribution in [0.3, 0.4) is 0 Å². The van der Waals surface area contributed by atoms with E-state index in [9.17, 15) is 4.21 Å². The summed E-state index contributed by atoms with van der Waals surface area (Å²) in [6.45, 7) is 13.2. The molecule has 1 atom stereocenters. The summed E-state index contributed by atoms with van der Waals surface area (Å²) in [6.07, 6.45) is 0.936. The summed E-state index contributed by atoms with van der Waals surface area (Å²) < 4.78 is 14.2. The minimum Gasteiger partial charge on any atom is -0.357 e. The Balaban J connectivity index is 1.85. The fourth-order valence-corrected chi connectivity index (χ4v) is 3.71. The van der Waals surface area contributed by atoms with Crippen LogP contribution in [0.2, 0.25) is 0 Å². The van der Waals surface area contributed by atoms with Crippen LogP contribution in [0.1, 0.15) is 39.9 Å². The van der Waals surface area contributed by atoms with Crippen molar-refractivity contribution in [3.05, 3.63) is 30.1 Å². The third-order valence-corrected chi connectivity index (χ3v) is 6.20. The molecule has 0 aliphatic rings. The lowest BCUT2D eigenvalue weighted by Crippen LogP contribution is -2.40. The predicted molar refractivity (Wildman–Crippen MR) is 116 cm³/mol. The molecule has 2 rings (SSSR count). The van der Waals surface area contributed by atoms with Gasteiger partial charge in [0.25, 0.3) is 0 Å². The largest absolute Gasteiger partial charge is 0.357 e. The second-order valence-corrected chi connectivity index (χ2v) is 9.83. The van der Waals surface area contributed by atoms with Gasteiger partial charge in [-0.2, -0.15) is 0 Å². The maximum Gasteiger partial charge on any atom is 0.191 e. The molecule has 7 heteroatoms. The van der Waals surface area contributed by atoms with E-state index >= 15 is 0 Å². The van der Waals surface area contributed by atoms with Gasteiger partial charge in [-0.1, -0.05) is 12.1 Å². The highest BCUT2D eigenvalue weighted by Gasteiger charge is 2.18. The predicted octanol–water partition coefficient (Wildman–Crippen LogP) is 2.84. The summed E-state index contributed by atoms with van der Waals surface area (Å²) in [5.74, 6) is 2.44. The fraction of sp³-hybridized carbons (Fsp3) is 0.600. The molecule has 1 heterocycles. The van der Waals surface area contributed by atoms with Gasteiger partial charge in [-0.25, -0.2) is 4.98 Å². The number of imidazole rings is 1. The van der Waals surface area contributed by atoms with Gasteiger partial charge in [-0.15, -0.1) is 0 Å². The van der Waals surface area contributed by atoms with Crippen LogP contribution in [0.15, 0.2) is 29.3 Å². The van der Waals surface area contributed by atoms with Gasteiger partial charge in [0.05, 0.1) is 11.0 Å². The molecule has 0 saturated carbocycles. The van der Waals surface area contributed by atoms with E-state index in [4.69, 9.17) is 0 Å². The number of para-hydroxylation sites is 2. The molecule has 27 heavy (non-hydrogen) atoms. The van der Waals surface area contributed by atoms with Crippen molar-refractivity contribution in [2.45, 2.75) is 52.3 Å². The number of fused-ring (bicyclic) bond motifs is 1. The van der Waals surface area contributed by atoms with Gasteiger partial charge in [0.15, 0.2) is 5.96 Å². The molecule has 0 aliphatic carbocycles. The molecule has 0 amide bonds. The summed E-state index contributed by atoms with van der Waals surface area (Å²) >= 11 is 0. The first-order valence-electron chi connectivity index (χ1n) is 9.65. The zero-order valence-electron chi connectivity index (χ0n) is 17.2. The third-order valence-electron chi connectivity index (χ3n) is 4.26. The van der Waals surface area contributed by atoms with Gasteiger partial charge in [0.1, 0.15) is 5.82 Å². The minimum absolute atomic E-state index is 0.178. The molecule has 0 radical (unpaired) electrons. The van der Waals surface area contributed by atoms with Crippen molar-refractivity contribution in [1.82, 2.24) is 20.2 Å². The van der Waals surface area contributed by atoms with Gasteiger partial charge in [0, 0.05) is 47.5 Å². The van der Waals surface area contributed by atoms with E-state index in [1.165, 1.54) is 5.52 Å². The summed E-state index contributed by atoms with van der Waals surface area (Å²) in [5, 5.41) is 6.54. The van der Waals surface area contributed by atoms with Crippen molar-refractivity contribution >= 4 is 27.8 Å². The van der Waals surface area contributed by atoms with Crippen molar-refractivity contribution in [2.24, 2.45) is 4.99 Å². The molecular formula is C20H33N5OS. The number of aryl methyl sites for hydroxylation is 2. The van der Waals surface area contributed by atoms with E-state index in [0.717, 1.165) is 43.4 Å². The first-order chi connectivity index (χ1) is 12.8. The summed E-state index contributed by atoms with van der Waals surface area (Å²) in [5.41, 5.74) is 2.22. The highest BCUT2D eigenvalue weighted by atomic mass is 32.2. The maximum atomic E-state index is 12.1. The zero-order chi connectivity index (χ0) is 19.9. The van der Waals surface area contributed by atoms with Crippen LogP contribution in [-0.2, 0) is 17.3 Å². The average Bonchev–Trinajstić information content (AvgIpc) is 2.93. The lowest BCUT2D eigenvalue weighted by atomic mass is 10.3. The number of nitrogens with zero attached hydrogens (tertiary/aromatic N) is 3. The molecular weight excluding hydrogens is 358 g/mol. The number of hydrogen-bond donors (Lipinski definition) is 2. The molecule has 2 aromatic rings. The molecule has 0 aliphatic heterocycles. The van der Waals surface area contributed by atoms with Crippen molar-refractivity contribution in [3.8, 4) is 0 Å². The Kier molecular flexibility index (Phi) is 7.83. The van der Waals surface area contributed by atoms with Gasteiger partial charge in [-0.3, -0.25) is 9.20 Å². The highest BCUT2D eigenvalue weighted by Crippen LogP contribution is 2.15. The number of nitrogens with one attached hydrogen (secondary N) is 2. The van der Waals surface area contributed by atoms with Crippen molar-refractivity contribution in [3.63, 3.8) is 0 Å². The van der Waals surface area contributed by atoms with Crippen LogP contribution in [0, 0.1) is 6.92 Å². The van der Waals surface area contributed by atoms with Crippen LogP contribution in [0.5, 0.6) is 0 Å². The number of aromatic nitrogens is 2. The molecule has 150 valence electrons. The quantitative estimate of drug-likeness (QED) is 0.412. The van der Waals surface area contributed by atoms with Crippen molar-refractivity contribution in [2.75, 3.05) is 25.4 Å².